The van der Waals surface area contributed by atoms with Gasteiger partial charge < -0.3 is 19.9 Å². The largest absolute Gasteiger partial charge is 1.00 e. The normalized spacial score (nSPS) is 10.4. The van der Waals surface area contributed by atoms with Crippen LogP contribution in [0.2, 0.25) is 0 Å². The molecule has 1 aliphatic heterocycles. The second-order valence-electron chi connectivity index (χ2n) is 4.04. The van der Waals surface area contributed by atoms with Gasteiger partial charge in [-0.05, 0) is 18.2 Å². The first kappa shape index (κ1) is 15.3. The van der Waals surface area contributed by atoms with Gasteiger partial charge >= 0.3 is 51.4 Å². The van der Waals surface area contributed by atoms with E-state index in [1.165, 1.54) is 31.4 Å². The van der Waals surface area contributed by atoms with Gasteiger partial charge in [0.05, 0.1) is 7.11 Å². The Morgan fingerprint density at radius 3 is 2.60 bits per heavy atom. The fraction of sp³-hybridized carbons (Fsp3) is 0.0769. The molecule has 0 saturated carbocycles. The van der Waals surface area contributed by atoms with E-state index in [1.807, 2.05) is 0 Å². The number of ether oxygens (including phenoxy) is 1. The third-order valence-electron chi connectivity index (χ3n) is 3.02. The van der Waals surface area contributed by atoms with Crippen molar-refractivity contribution in [2.24, 2.45) is 0 Å². The molecule has 0 amide bonds. The summed E-state index contributed by atoms with van der Waals surface area (Å²) >= 11 is 0. The van der Waals surface area contributed by atoms with E-state index in [0.717, 1.165) is 0 Å². The van der Waals surface area contributed by atoms with Gasteiger partial charge in [0.25, 0.3) is 11.1 Å². The van der Waals surface area contributed by atoms with Crippen LogP contribution in [-0.2, 0) is 0 Å². The minimum absolute atomic E-state index is 0. The van der Waals surface area contributed by atoms with Crippen LogP contribution in [0.25, 0.3) is 22.4 Å². The van der Waals surface area contributed by atoms with Crippen LogP contribution in [0, 0.1) is 10.4 Å². The van der Waals surface area contributed by atoms with Gasteiger partial charge in [0, 0.05) is 6.07 Å². The fourth-order valence-electron chi connectivity index (χ4n) is 2.16. The Hall–Kier alpha value is -1.12. The monoisotopic (exact) mass is 296 g/mol. The molecule has 0 fully saturated rings. The van der Waals surface area contributed by atoms with Crippen molar-refractivity contribution in [3.63, 3.8) is 0 Å². The SMILES string of the molecule is COc1cccc2c1n([O-])c1cccc(=O)c-1[n+]2[O-].[K+]. The average Bonchev–Trinajstić information content (AvgIpc) is 2.43. The molecule has 96 valence electrons. The van der Waals surface area contributed by atoms with Crippen molar-refractivity contribution in [1.29, 1.82) is 0 Å². The second-order valence-corrected chi connectivity index (χ2v) is 4.04. The van der Waals surface area contributed by atoms with Crippen molar-refractivity contribution in [2.75, 3.05) is 7.11 Å². The zero-order valence-corrected chi connectivity index (χ0v) is 14.1. The molecule has 0 atom stereocenters. The van der Waals surface area contributed by atoms with Crippen molar-refractivity contribution in [3.05, 3.63) is 57.0 Å². The van der Waals surface area contributed by atoms with Crippen LogP contribution in [0.4, 0.5) is 0 Å². The molecule has 0 bridgehead atoms. The molecule has 0 spiro atoms. The van der Waals surface area contributed by atoms with E-state index in [-0.39, 0.29) is 79.6 Å². The van der Waals surface area contributed by atoms with Gasteiger partial charge in [0.1, 0.15) is 11.4 Å². The summed E-state index contributed by atoms with van der Waals surface area (Å²) in [5.41, 5.74) is -0.414. The molecule has 3 rings (SSSR count). The second kappa shape index (κ2) is 5.70. The smallest absolute Gasteiger partial charge is 0.805 e. The van der Waals surface area contributed by atoms with E-state index in [9.17, 15) is 15.2 Å². The first-order valence-electron chi connectivity index (χ1n) is 5.56. The minimum Gasteiger partial charge on any atom is -0.805 e. The van der Waals surface area contributed by atoms with E-state index < -0.39 is 5.43 Å². The molecule has 1 heterocycles. The molecule has 0 aromatic heterocycles. The molecule has 0 unspecified atom stereocenters. The number of nitrogens with zero attached hydrogens (tertiary/aromatic N) is 2. The van der Waals surface area contributed by atoms with E-state index >= 15 is 0 Å². The summed E-state index contributed by atoms with van der Waals surface area (Å²) in [4.78, 5) is 11.7. The predicted molar refractivity (Wildman–Crippen MR) is 69.1 cm³/mol. The number of para-hydroxylation sites is 2. The summed E-state index contributed by atoms with van der Waals surface area (Å²) in [7, 11) is 1.41. The molecular weight excluding hydrogens is 287 g/mol. The molecule has 7 heteroatoms. The summed E-state index contributed by atoms with van der Waals surface area (Å²) in [6.07, 6.45) is 0. The zero-order chi connectivity index (χ0) is 13.6. The van der Waals surface area contributed by atoms with Crippen molar-refractivity contribution in [1.82, 2.24) is 4.73 Å². The third-order valence-corrected chi connectivity index (χ3v) is 3.02. The molecule has 6 nitrogen and oxygen atoms in total. The van der Waals surface area contributed by atoms with Crippen LogP contribution in [0.15, 0.2) is 41.2 Å². The van der Waals surface area contributed by atoms with E-state index in [2.05, 4.69) is 0 Å². The number of benzene rings is 2. The van der Waals surface area contributed by atoms with Crippen LogP contribution < -0.4 is 66.3 Å². The molecule has 2 aliphatic rings. The molecule has 1 aromatic rings. The fourth-order valence-corrected chi connectivity index (χ4v) is 2.16. The van der Waals surface area contributed by atoms with Crippen molar-refractivity contribution < 1.29 is 60.9 Å². The summed E-state index contributed by atoms with van der Waals surface area (Å²) in [5, 5.41) is 24.6. The Labute approximate surface area is 156 Å². The number of fused-ring (bicyclic) bond motifs is 2. The number of aromatic nitrogens is 2. The van der Waals surface area contributed by atoms with Crippen molar-refractivity contribution in [3.8, 4) is 17.1 Å². The summed E-state index contributed by atoms with van der Waals surface area (Å²) < 4.78 is 6.12. The molecular formula is C13H9KN2O4. The maximum Gasteiger partial charge on any atom is 1.00 e. The minimum atomic E-state index is -0.484. The van der Waals surface area contributed by atoms with Crippen LogP contribution in [0.3, 0.4) is 0 Å². The Morgan fingerprint density at radius 1 is 1.20 bits per heavy atom. The van der Waals surface area contributed by atoms with Gasteiger partial charge in [-0.25, -0.2) is 0 Å². The van der Waals surface area contributed by atoms with Crippen LogP contribution >= 0.6 is 0 Å². The Balaban J connectivity index is 0.00000147. The molecule has 20 heavy (non-hydrogen) atoms. The number of rotatable bonds is 1. The number of hydrogen-bond donors (Lipinski definition) is 0. The Morgan fingerprint density at radius 2 is 1.90 bits per heavy atom. The first-order chi connectivity index (χ1) is 9.15. The van der Waals surface area contributed by atoms with Crippen LogP contribution in [0.1, 0.15) is 0 Å². The zero-order valence-electron chi connectivity index (χ0n) is 11.0. The molecule has 0 radical (unpaired) electrons. The number of hydrogen-bond acceptors (Lipinski definition) is 4. The van der Waals surface area contributed by atoms with Crippen molar-refractivity contribution in [2.45, 2.75) is 0 Å². The van der Waals surface area contributed by atoms with Crippen molar-refractivity contribution >= 4 is 11.0 Å². The molecule has 0 saturated heterocycles. The van der Waals surface area contributed by atoms with E-state index in [0.29, 0.717) is 9.46 Å². The molecule has 1 aliphatic carbocycles. The third kappa shape index (κ3) is 2.11. The topological polar surface area (TPSA) is 81.2 Å². The van der Waals surface area contributed by atoms with Crippen LogP contribution in [0.5, 0.6) is 5.75 Å². The van der Waals surface area contributed by atoms with Gasteiger partial charge in [0.15, 0.2) is 5.52 Å². The predicted octanol–water partition coefficient (Wildman–Crippen LogP) is -1.90. The Kier molecular flexibility index (Phi) is 4.35. The number of methoxy groups -OCH3 is 1. The molecule has 1 aromatic carbocycles. The maximum absolute atomic E-state index is 12.3. The quantitative estimate of drug-likeness (QED) is 0.227. The van der Waals surface area contributed by atoms with Gasteiger partial charge in [-0.1, -0.05) is 12.1 Å². The summed E-state index contributed by atoms with van der Waals surface area (Å²) in [5.74, 6) is 0.287. The van der Waals surface area contributed by atoms with Gasteiger partial charge in [-0.15, -0.1) is 0 Å². The standard InChI is InChI=1S/C13H9N2O4.K/c1-19-11-7-3-5-9-13(11)15(18)8-4-2-6-10(16)12(8)14(9)17;/h2-7H,1H3;/q-1;+1. The van der Waals surface area contributed by atoms with Crippen LogP contribution in [-0.4, -0.2) is 11.8 Å². The van der Waals surface area contributed by atoms with Gasteiger partial charge in [-0.2, -0.15) is 4.73 Å². The molecule has 0 N–H and O–H groups in total. The van der Waals surface area contributed by atoms with Gasteiger partial charge in [0.2, 0.25) is 5.52 Å². The van der Waals surface area contributed by atoms with Gasteiger partial charge in [-0.3, -0.25) is 4.79 Å². The summed E-state index contributed by atoms with van der Waals surface area (Å²) in [6, 6.07) is 8.79. The van der Waals surface area contributed by atoms with E-state index in [1.54, 1.807) is 12.1 Å². The van der Waals surface area contributed by atoms with E-state index in [4.69, 9.17) is 4.74 Å². The summed E-state index contributed by atoms with van der Waals surface area (Å²) in [6.45, 7) is 0. The average molecular weight is 296 g/mol. The Bertz CT molecular complexity index is 815. The first-order valence-corrected chi connectivity index (χ1v) is 5.56. The maximum atomic E-state index is 12.3.